The highest BCUT2D eigenvalue weighted by molar-refractivity contribution is 5.75. The molecule has 0 aromatic heterocycles. The van der Waals surface area contributed by atoms with Crippen molar-refractivity contribution in [3.63, 3.8) is 0 Å². The zero-order chi connectivity index (χ0) is 7.98. The van der Waals surface area contributed by atoms with Crippen LogP contribution in [0.4, 0.5) is 0 Å². The maximum absolute atomic E-state index is 5.24. The molecule has 0 unspecified atom stereocenters. The average Bonchev–Trinajstić information content (AvgIpc) is 1.85. The van der Waals surface area contributed by atoms with Crippen LogP contribution in [-0.4, -0.2) is 18.3 Å². The lowest BCUT2D eigenvalue weighted by Gasteiger charge is -2.03. The van der Waals surface area contributed by atoms with Gasteiger partial charge in [-0.25, -0.2) is 0 Å². The van der Waals surface area contributed by atoms with Crippen LogP contribution in [0.15, 0.2) is 29.7 Å². The molecule has 0 spiro atoms. The summed E-state index contributed by atoms with van der Waals surface area (Å²) < 4.78 is 0. The fourth-order valence-electron chi connectivity index (χ4n) is 0.419. The van der Waals surface area contributed by atoms with Crippen molar-refractivity contribution >= 4 is 6.21 Å². The molecular weight excluding hydrogens is 126 g/mol. The Balaban J connectivity index is 3.77. The Morgan fingerprint density at radius 1 is 1.70 bits per heavy atom. The van der Waals surface area contributed by atoms with Crippen LogP contribution in [-0.2, 0) is 0 Å². The monoisotopic (exact) mass is 139 g/mol. The van der Waals surface area contributed by atoms with Crippen LogP contribution >= 0.6 is 0 Å². The van der Waals surface area contributed by atoms with E-state index in [-0.39, 0.29) is 0 Å². The predicted molar refractivity (Wildman–Crippen MR) is 44.4 cm³/mol. The molecule has 0 heterocycles. The van der Waals surface area contributed by atoms with Crippen LogP contribution in [0.3, 0.4) is 0 Å². The second-order valence-corrected chi connectivity index (χ2v) is 1.88. The predicted octanol–water partition coefficient (Wildman–Crippen LogP) is 0.910. The molecule has 2 N–H and O–H groups in total. The molecule has 0 atom stereocenters. The second-order valence-electron chi connectivity index (χ2n) is 1.88. The second kappa shape index (κ2) is 4.61. The minimum absolute atomic E-state index is 0.455. The first-order chi connectivity index (χ1) is 4.66. The van der Waals surface area contributed by atoms with Gasteiger partial charge < -0.3 is 5.73 Å². The van der Waals surface area contributed by atoms with E-state index < -0.39 is 0 Å². The van der Waals surface area contributed by atoms with Crippen LogP contribution in [0.25, 0.3) is 0 Å². The summed E-state index contributed by atoms with van der Waals surface area (Å²) in [6.45, 7) is 5.38. The first-order valence-electron chi connectivity index (χ1n) is 3.01. The van der Waals surface area contributed by atoms with E-state index in [9.17, 15) is 0 Å². The molecule has 0 radical (unpaired) electrons. The maximum Gasteiger partial charge on any atom is 0.0697 e. The molecule has 0 aromatic rings. The summed E-state index contributed by atoms with van der Waals surface area (Å²) in [5, 5.41) is 5.56. The van der Waals surface area contributed by atoms with E-state index in [0.717, 1.165) is 0 Å². The van der Waals surface area contributed by atoms with Crippen molar-refractivity contribution in [3.05, 3.63) is 24.6 Å². The van der Waals surface area contributed by atoms with E-state index in [1.165, 1.54) is 6.21 Å². The molecule has 0 bridgehead atoms. The number of rotatable bonds is 3. The third kappa shape index (κ3) is 4.90. The number of allylic oxidation sites excluding steroid dienone is 2. The van der Waals surface area contributed by atoms with Crippen LogP contribution in [0, 0.1) is 0 Å². The largest absolute Gasteiger partial charge is 0.398 e. The fraction of sp³-hybridized carbons (Fsp3) is 0.286. The Morgan fingerprint density at radius 2 is 2.30 bits per heavy atom. The number of hydrazone groups is 1. The lowest BCUT2D eigenvalue weighted by molar-refractivity contribution is 0.492. The van der Waals surface area contributed by atoms with E-state index in [2.05, 4.69) is 11.7 Å². The molecule has 3 heteroatoms. The first-order valence-corrected chi connectivity index (χ1v) is 3.01. The number of hydrogen-bond donors (Lipinski definition) is 1. The van der Waals surface area contributed by atoms with Gasteiger partial charge in [-0.1, -0.05) is 12.7 Å². The van der Waals surface area contributed by atoms with Crippen molar-refractivity contribution < 1.29 is 0 Å². The highest BCUT2D eigenvalue weighted by Crippen LogP contribution is 1.83. The van der Waals surface area contributed by atoms with Crippen molar-refractivity contribution in [2.24, 2.45) is 10.8 Å². The molecule has 0 saturated carbocycles. The average molecular weight is 139 g/mol. The highest BCUT2D eigenvalue weighted by atomic mass is 15.4. The molecule has 0 rings (SSSR count). The van der Waals surface area contributed by atoms with Crippen LogP contribution in [0.5, 0.6) is 0 Å². The summed E-state index contributed by atoms with van der Waals surface area (Å²) in [6, 6.07) is 0. The third-order valence-electron chi connectivity index (χ3n) is 0.771. The summed E-state index contributed by atoms with van der Waals surface area (Å²) >= 11 is 0. The van der Waals surface area contributed by atoms with Gasteiger partial charge in [-0.15, -0.1) is 0 Å². The summed E-state index contributed by atoms with van der Waals surface area (Å²) in [5.74, 6) is 0. The van der Waals surface area contributed by atoms with Crippen LogP contribution < -0.4 is 5.73 Å². The van der Waals surface area contributed by atoms with Gasteiger partial charge in [-0.05, 0) is 6.92 Å². The van der Waals surface area contributed by atoms with Gasteiger partial charge in [0.2, 0.25) is 0 Å². The van der Waals surface area contributed by atoms with Gasteiger partial charge in [-0.2, -0.15) is 5.10 Å². The van der Waals surface area contributed by atoms with E-state index in [1.807, 2.05) is 26.2 Å². The molecule has 10 heavy (non-hydrogen) atoms. The Labute approximate surface area is 61.5 Å². The smallest absolute Gasteiger partial charge is 0.0697 e. The fourth-order valence-corrected chi connectivity index (χ4v) is 0.419. The van der Waals surface area contributed by atoms with Crippen molar-refractivity contribution in [1.82, 2.24) is 5.01 Å². The normalized spacial score (nSPS) is 11.0. The Morgan fingerprint density at radius 3 is 2.70 bits per heavy atom. The van der Waals surface area contributed by atoms with E-state index in [4.69, 9.17) is 5.73 Å². The van der Waals surface area contributed by atoms with Gasteiger partial charge in [0.05, 0.1) is 6.21 Å². The molecule has 0 fully saturated rings. The SMILES string of the molecule is C=C(N)/C=N\N(C)/C=C\C. The molecule has 56 valence electrons. The van der Waals surface area contributed by atoms with E-state index >= 15 is 0 Å². The van der Waals surface area contributed by atoms with Gasteiger partial charge >= 0.3 is 0 Å². The zero-order valence-corrected chi connectivity index (χ0v) is 6.41. The number of hydrogen-bond acceptors (Lipinski definition) is 3. The number of nitrogens with two attached hydrogens (primary N) is 1. The van der Waals surface area contributed by atoms with Crippen molar-refractivity contribution in [2.75, 3.05) is 7.05 Å². The Bertz CT molecular complexity index is 158. The molecule has 0 aliphatic carbocycles. The minimum Gasteiger partial charge on any atom is -0.398 e. The van der Waals surface area contributed by atoms with Crippen LogP contribution in [0.2, 0.25) is 0 Å². The molecule has 0 aliphatic heterocycles. The first kappa shape index (κ1) is 8.75. The Hall–Kier alpha value is -1.25. The van der Waals surface area contributed by atoms with Gasteiger partial charge in [0.15, 0.2) is 0 Å². The van der Waals surface area contributed by atoms with Gasteiger partial charge in [0.1, 0.15) is 0 Å². The minimum atomic E-state index is 0.455. The molecule has 0 aromatic carbocycles. The summed E-state index contributed by atoms with van der Waals surface area (Å²) in [4.78, 5) is 0. The van der Waals surface area contributed by atoms with Gasteiger partial charge in [-0.3, -0.25) is 5.01 Å². The third-order valence-corrected chi connectivity index (χ3v) is 0.771. The molecular formula is C7H13N3. The van der Waals surface area contributed by atoms with E-state index in [1.54, 1.807) is 5.01 Å². The lowest BCUT2D eigenvalue weighted by Crippen LogP contribution is -2.04. The maximum atomic E-state index is 5.24. The molecule has 0 saturated heterocycles. The summed E-state index contributed by atoms with van der Waals surface area (Å²) in [5.41, 5.74) is 5.70. The summed E-state index contributed by atoms with van der Waals surface area (Å²) in [6.07, 6.45) is 5.20. The van der Waals surface area contributed by atoms with E-state index in [0.29, 0.717) is 5.70 Å². The summed E-state index contributed by atoms with van der Waals surface area (Å²) in [7, 11) is 1.82. The van der Waals surface area contributed by atoms with Crippen LogP contribution in [0.1, 0.15) is 6.92 Å². The van der Waals surface area contributed by atoms with Crippen molar-refractivity contribution in [1.29, 1.82) is 0 Å². The molecule has 3 nitrogen and oxygen atoms in total. The molecule has 0 amide bonds. The van der Waals surface area contributed by atoms with Gasteiger partial charge in [0.25, 0.3) is 0 Å². The standard InChI is InChI=1S/C7H13N3/c1-4-5-10(3)9-6-7(2)8/h4-6H,2,8H2,1,3H3/b5-4-,9-6-. The molecule has 0 aliphatic rings. The Kier molecular flexibility index (Phi) is 4.04. The topological polar surface area (TPSA) is 41.6 Å². The zero-order valence-electron chi connectivity index (χ0n) is 6.41. The highest BCUT2D eigenvalue weighted by Gasteiger charge is 1.79. The van der Waals surface area contributed by atoms with Crippen molar-refractivity contribution in [2.45, 2.75) is 6.92 Å². The number of nitrogens with zero attached hydrogens (tertiary/aromatic N) is 2. The quantitative estimate of drug-likeness (QED) is 0.466. The van der Waals surface area contributed by atoms with Crippen molar-refractivity contribution in [3.8, 4) is 0 Å². The van der Waals surface area contributed by atoms with Gasteiger partial charge in [0, 0.05) is 18.9 Å². The lowest BCUT2D eigenvalue weighted by atomic mass is 10.6.